The Hall–Kier alpha value is -3.94. The number of nitrogens with one attached hydrogen (secondary N) is 1. The SMILES string of the molecule is CNC(=O)c1nc(-c2ccc3ncnc(C)c3c2)c(-c2ccc(F)cc2)nc1N. The van der Waals surface area contributed by atoms with Crippen molar-refractivity contribution in [1.29, 1.82) is 0 Å². The fourth-order valence-corrected chi connectivity index (χ4v) is 3.08. The Balaban J connectivity index is 2.00. The number of anilines is 1. The van der Waals surface area contributed by atoms with E-state index >= 15 is 0 Å². The summed E-state index contributed by atoms with van der Waals surface area (Å²) in [6.07, 6.45) is 1.51. The largest absolute Gasteiger partial charge is 0.382 e. The van der Waals surface area contributed by atoms with Gasteiger partial charge < -0.3 is 11.1 Å². The minimum absolute atomic E-state index is 0.00673. The summed E-state index contributed by atoms with van der Waals surface area (Å²) in [7, 11) is 1.49. The van der Waals surface area contributed by atoms with Crippen molar-refractivity contribution < 1.29 is 9.18 Å². The summed E-state index contributed by atoms with van der Waals surface area (Å²) in [6, 6.07) is 11.4. The van der Waals surface area contributed by atoms with E-state index in [0.717, 1.165) is 16.6 Å². The smallest absolute Gasteiger partial charge is 0.273 e. The number of benzene rings is 2. The Morgan fingerprint density at radius 3 is 2.41 bits per heavy atom. The van der Waals surface area contributed by atoms with E-state index in [9.17, 15) is 9.18 Å². The molecule has 2 heterocycles. The minimum Gasteiger partial charge on any atom is -0.382 e. The van der Waals surface area contributed by atoms with Crippen molar-refractivity contribution >= 4 is 22.6 Å². The Bertz CT molecular complexity index is 1240. The van der Waals surface area contributed by atoms with Crippen molar-refractivity contribution in [1.82, 2.24) is 25.3 Å². The molecule has 1 amide bonds. The molecule has 0 fully saturated rings. The van der Waals surface area contributed by atoms with Crippen molar-refractivity contribution in [2.24, 2.45) is 0 Å². The number of halogens is 1. The zero-order valence-corrected chi connectivity index (χ0v) is 15.8. The molecule has 0 saturated heterocycles. The maximum Gasteiger partial charge on any atom is 0.273 e. The highest BCUT2D eigenvalue weighted by Crippen LogP contribution is 2.32. The van der Waals surface area contributed by atoms with Crippen LogP contribution >= 0.6 is 0 Å². The van der Waals surface area contributed by atoms with Crippen LogP contribution < -0.4 is 11.1 Å². The number of aromatic nitrogens is 4. The number of hydrogen-bond acceptors (Lipinski definition) is 6. The predicted octanol–water partition coefficient (Wildman–Crippen LogP) is 3.14. The lowest BCUT2D eigenvalue weighted by Gasteiger charge is -2.13. The molecule has 0 aliphatic heterocycles. The number of fused-ring (bicyclic) bond motifs is 1. The van der Waals surface area contributed by atoms with Gasteiger partial charge in [-0.05, 0) is 43.3 Å². The van der Waals surface area contributed by atoms with Crippen molar-refractivity contribution in [3.05, 3.63) is 66.0 Å². The number of nitrogen functional groups attached to an aromatic ring is 1. The third-order valence-corrected chi connectivity index (χ3v) is 4.59. The summed E-state index contributed by atoms with van der Waals surface area (Å²) in [5.41, 5.74) is 9.87. The summed E-state index contributed by atoms with van der Waals surface area (Å²) < 4.78 is 13.4. The second-order valence-corrected chi connectivity index (χ2v) is 6.43. The van der Waals surface area contributed by atoms with Crippen LogP contribution in [0.5, 0.6) is 0 Å². The first-order valence-electron chi connectivity index (χ1n) is 8.85. The van der Waals surface area contributed by atoms with Gasteiger partial charge in [0.2, 0.25) is 0 Å². The maximum atomic E-state index is 13.4. The van der Waals surface area contributed by atoms with Crippen LogP contribution in [0.2, 0.25) is 0 Å². The molecule has 2 aromatic heterocycles. The third-order valence-electron chi connectivity index (χ3n) is 4.59. The van der Waals surface area contributed by atoms with Crippen LogP contribution in [0.3, 0.4) is 0 Å². The third kappa shape index (κ3) is 3.36. The molecule has 8 heteroatoms. The first kappa shape index (κ1) is 18.4. The number of rotatable bonds is 3. The van der Waals surface area contributed by atoms with Crippen molar-refractivity contribution in [3.8, 4) is 22.5 Å². The summed E-state index contributed by atoms with van der Waals surface area (Å²) in [4.78, 5) is 29.6. The number of hydrogen-bond donors (Lipinski definition) is 2. The van der Waals surface area contributed by atoms with Crippen LogP contribution in [-0.2, 0) is 0 Å². The van der Waals surface area contributed by atoms with Crippen molar-refractivity contribution in [2.45, 2.75) is 6.92 Å². The number of carbonyl (C=O) groups is 1. The molecule has 144 valence electrons. The maximum absolute atomic E-state index is 13.4. The zero-order chi connectivity index (χ0) is 20.5. The van der Waals surface area contributed by atoms with Gasteiger partial charge >= 0.3 is 0 Å². The van der Waals surface area contributed by atoms with E-state index in [1.807, 2.05) is 25.1 Å². The predicted molar refractivity (Wildman–Crippen MR) is 108 cm³/mol. The van der Waals surface area contributed by atoms with Crippen LogP contribution in [0.4, 0.5) is 10.2 Å². The van der Waals surface area contributed by atoms with E-state index in [4.69, 9.17) is 5.73 Å². The lowest BCUT2D eigenvalue weighted by atomic mass is 10.0. The van der Waals surface area contributed by atoms with Crippen molar-refractivity contribution in [2.75, 3.05) is 12.8 Å². The van der Waals surface area contributed by atoms with Gasteiger partial charge in [-0.15, -0.1) is 0 Å². The van der Waals surface area contributed by atoms with E-state index in [1.165, 1.54) is 25.5 Å². The van der Waals surface area contributed by atoms with Gasteiger partial charge in [0.25, 0.3) is 5.91 Å². The molecule has 4 aromatic rings. The molecule has 0 radical (unpaired) electrons. The molecule has 0 saturated carbocycles. The highest BCUT2D eigenvalue weighted by molar-refractivity contribution is 5.98. The average Bonchev–Trinajstić information content (AvgIpc) is 2.74. The second-order valence-electron chi connectivity index (χ2n) is 6.43. The fourth-order valence-electron chi connectivity index (χ4n) is 3.08. The number of amides is 1. The quantitative estimate of drug-likeness (QED) is 0.558. The van der Waals surface area contributed by atoms with Crippen LogP contribution in [0, 0.1) is 12.7 Å². The Kier molecular flexibility index (Phi) is 4.59. The standard InChI is InChI=1S/C21H17FN6O/c1-11-15-9-13(5-8-16(15)26-10-25-11)18-17(12-3-6-14(22)7-4-12)28-20(23)19(27-18)21(29)24-2/h3-10H,1-2H3,(H2,23,28)(H,24,29). The van der Waals surface area contributed by atoms with Gasteiger partial charge in [-0.3, -0.25) is 4.79 Å². The number of carbonyl (C=O) groups excluding carboxylic acids is 1. The van der Waals surface area contributed by atoms with Gasteiger partial charge in [-0.1, -0.05) is 6.07 Å². The van der Waals surface area contributed by atoms with Crippen LogP contribution in [0.1, 0.15) is 16.2 Å². The van der Waals surface area contributed by atoms with Gasteiger partial charge in [0.15, 0.2) is 11.5 Å². The van der Waals surface area contributed by atoms with E-state index in [2.05, 4.69) is 25.3 Å². The molecule has 0 spiro atoms. The van der Waals surface area contributed by atoms with Crippen molar-refractivity contribution in [3.63, 3.8) is 0 Å². The Morgan fingerprint density at radius 2 is 1.69 bits per heavy atom. The average molecular weight is 388 g/mol. The van der Waals surface area contributed by atoms with Crippen LogP contribution in [0.25, 0.3) is 33.4 Å². The van der Waals surface area contributed by atoms with E-state index in [0.29, 0.717) is 22.5 Å². The van der Waals surface area contributed by atoms with Gasteiger partial charge in [0.05, 0.1) is 16.9 Å². The lowest BCUT2D eigenvalue weighted by Crippen LogP contribution is -2.22. The highest BCUT2D eigenvalue weighted by Gasteiger charge is 2.19. The topological polar surface area (TPSA) is 107 Å². The molecule has 2 aromatic carbocycles. The molecular weight excluding hydrogens is 371 g/mol. The number of nitrogens with two attached hydrogens (primary N) is 1. The van der Waals surface area contributed by atoms with Gasteiger partial charge in [-0.25, -0.2) is 24.3 Å². The molecule has 3 N–H and O–H groups in total. The van der Waals surface area contributed by atoms with E-state index in [-0.39, 0.29) is 17.3 Å². The molecule has 0 aliphatic carbocycles. The Labute approximate surface area is 165 Å². The molecule has 0 aliphatic rings. The first-order valence-corrected chi connectivity index (χ1v) is 8.85. The second kappa shape index (κ2) is 7.23. The molecule has 0 unspecified atom stereocenters. The van der Waals surface area contributed by atoms with Gasteiger partial charge in [-0.2, -0.15) is 0 Å². The molecule has 4 rings (SSSR count). The minimum atomic E-state index is -0.442. The summed E-state index contributed by atoms with van der Waals surface area (Å²) in [6.45, 7) is 1.89. The molecule has 7 nitrogen and oxygen atoms in total. The van der Waals surface area contributed by atoms with Gasteiger partial charge in [0, 0.05) is 29.3 Å². The molecule has 0 bridgehead atoms. The van der Waals surface area contributed by atoms with Crippen LogP contribution in [-0.4, -0.2) is 32.9 Å². The molecule has 29 heavy (non-hydrogen) atoms. The lowest BCUT2D eigenvalue weighted by molar-refractivity contribution is 0.0959. The van der Waals surface area contributed by atoms with Crippen LogP contribution in [0.15, 0.2) is 48.8 Å². The zero-order valence-electron chi connectivity index (χ0n) is 15.8. The van der Waals surface area contributed by atoms with E-state index in [1.54, 1.807) is 12.1 Å². The summed E-state index contributed by atoms with van der Waals surface area (Å²) in [5, 5.41) is 3.37. The monoisotopic (exact) mass is 388 g/mol. The Morgan fingerprint density at radius 1 is 1.00 bits per heavy atom. The molecular formula is C21H17FN6O. The summed E-state index contributed by atoms with van der Waals surface area (Å²) >= 11 is 0. The summed E-state index contributed by atoms with van der Waals surface area (Å²) in [5.74, 6) is -0.813. The number of nitrogens with zero attached hydrogens (tertiary/aromatic N) is 4. The highest BCUT2D eigenvalue weighted by atomic mass is 19.1. The normalized spacial score (nSPS) is 10.9. The van der Waals surface area contributed by atoms with E-state index < -0.39 is 5.91 Å². The molecule has 0 atom stereocenters. The number of aryl methyl sites for hydroxylation is 1. The fraction of sp³-hybridized carbons (Fsp3) is 0.0952. The first-order chi connectivity index (χ1) is 14.0. The van der Waals surface area contributed by atoms with Gasteiger partial charge in [0.1, 0.15) is 12.1 Å².